The van der Waals surface area contributed by atoms with Crippen molar-refractivity contribution in [1.29, 1.82) is 0 Å². The minimum atomic E-state index is 0.810. The third kappa shape index (κ3) is 5.01. The summed E-state index contributed by atoms with van der Waals surface area (Å²) in [4.78, 5) is 0. The van der Waals surface area contributed by atoms with E-state index < -0.39 is 0 Å². The van der Waals surface area contributed by atoms with Gasteiger partial charge >= 0.3 is 0 Å². The van der Waals surface area contributed by atoms with Crippen LogP contribution in [0.3, 0.4) is 0 Å². The number of benzene rings is 9. The molecule has 0 fully saturated rings. The Hall–Kier alpha value is -6.96. The summed E-state index contributed by atoms with van der Waals surface area (Å²) in [5.74, 6) is 1.63. The lowest BCUT2D eigenvalue weighted by atomic mass is 9.82. The van der Waals surface area contributed by atoms with Crippen LogP contribution in [0.2, 0.25) is 0 Å². The monoisotopic (exact) mass is 674 g/mol. The van der Waals surface area contributed by atoms with Crippen molar-refractivity contribution < 1.29 is 4.74 Å². The second kappa shape index (κ2) is 12.7. The molecule has 0 heterocycles. The Morgan fingerprint density at radius 1 is 0.340 bits per heavy atom. The molecular weight excluding hydrogens is 641 g/mol. The SMILES string of the molecule is C=Cc1ccc(-c2ccc3c4c(ccc(-c5ccccc5Oc5ccccc5)c24)-c2c-3c(-c3ccccc3)c3ccccc3c2-c2ccccc2)cc1. The van der Waals surface area contributed by atoms with E-state index in [2.05, 4.69) is 164 Å². The summed E-state index contributed by atoms with van der Waals surface area (Å²) in [6.07, 6.45) is 1.90. The van der Waals surface area contributed by atoms with Crippen LogP contribution in [0.4, 0.5) is 0 Å². The fourth-order valence-corrected chi connectivity index (χ4v) is 8.36. The predicted molar refractivity (Wildman–Crippen MR) is 224 cm³/mol. The van der Waals surface area contributed by atoms with Gasteiger partial charge in [-0.3, -0.25) is 0 Å². The van der Waals surface area contributed by atoms with E-state index in [4.69, 9.17) is 4.74 Å². The highest BCUT2D eigenvalue weighted by atomic mass is 16.5. The highest BCUT2D eigenvalue weighted by Gasteiger charge is 2.32. The van der Waals surface area contributed by atoms with Gasteiger partial charge in [-0.25, -0.2) is 0 Å². The van der Waals surface area contributed by atoms with Gasteiger partial charge in [-0.05, 0) is 107 Å². The van der Waals surface area contributed by atoms with Crippen LogP contribution in [0.25, 0.3) is 94.4 Å². The van der Waals surface area contributed by atoms with Gasteiger partial charge in [0, 0.05) is 5.56 Å². The first-order chi connectivity index (χ1) is 26.3. The summed E-state index contributed by atoms with van der Waals surface area (Å²) < 4.78 is 6.62. The first-order valence-electron chi connectivity index (χ1n) is 18.1. The van der Waals surface area contributed by atoms with Crippen LogP contribution in [-0.4, -0.2) is 0 Å². The van der Waals surface area contributed by atoms with Crippen molar-refractivity contribution in [3.05, 3.63) is 200 Å². The Labute approximate surface area is 309 Å². The maximum absolute atomic E-state index is 6.62. The summed E-state index contributed by atoms with van der Waals surface area (Å²) in [5.41, 5.74) is 15.7. The zero-order valence-electron chi connectivity index (χ0n) is 29.1. The van der Waals surface area contributed by atoms with Crippen molar-refractivity contribution in [1.82, 2.24) is 0 Å². The summed E-state index contributed by atoms with van der Waals surface area (Å²) in [7, 11) is 0. The standard InChI is InChI=1S/C52H34O/c1-2-34-26-28-35(29-27-34)39-30-32-44-50-45(33-31-43(49(39)50)40-22-14-15-25-46(40)53-38-20-10-5-11-21-38)52-48(37-18-8-4-9-19-37)42-24-13-12-23-41(42)47(51(44)52)36-16-6-3-7-17-36/h2-33H,1H2. The molecule has 0 aromatic heterocycles. The molecule has 0 spiro atoms. The summed E-state index contributed by atoms with van der Waals surface area (Å²) in [6.45, 7) is 4.01. The van der Waals surface area contributed by atoms with Gasteiger partial charge in [-0.15, -0.1) is 0 Å². The van der Waals surface area contributed by atoms with Gasteiger partial charge in [0.05, 0.1) is 0 Å². The molecule has 53 heavy (non-hydrogen) atoms. The van der Waals surface area contributed by atoms with Crippen molar-refractivity contribution in [2.75, 3.05) is 0 Å². The molecule has 1 nitrogen and oxygen atoms in total. The van der Waals surface area contributed by atoms with Gasteiger partial charge < -0.3 is 4.74 Å². The number of rotatable bonds is 7. The van der Waals surface area contributed by atoms with Crippen molar-refractivity contribution in [2.24, 2.45) is 0 Å². The topological polar surface area (TPSA) is 9.23 Å². The van der Waals surface area contributed by atoms with Crippen molar-refractivity contribution in [2.45, 2.75) is 0 Å². The largest absolute Gasteiger partial charge is 0.457 e. The van der Waals surface area contributed by atoms with Crippen LogP contribution >= 0.6 is 0 Å². The van der Waals surface area contributed by atoms with Gasteiger partial charge in [0.15, 0.2) is 0 Å². The molecule has 0 radical (unpaired) electrons. The van der Waals surface area contributed by atoms with E-state index in [0.29, 0.717) is 0 Å². The number of hydrogen-bond donors (Lipinski definition) is 0. The lowest BCUT2D eigenvalue weighted by Gasteiger charge is -2.20. The molecule has 0 aliphatic heterocycles. The zero-order chi connectivity index (χ0) is 35.3. The predicted octanol–water partition coefficient (Wildman–Crippen LogP) is 14.7. The van der Waals surface area contributed by atoms with Gasteiger partial charge in [0.2, 0.25) is 0 Å². The molecule has 0 bridgehead atoms. The van der Waals surface area contributed by atoms with Crippen LogP contribution < -0.4 is 4.74 Å². The van der Waals surface area contributed by atoms with Gasteiger partial charge in [0.1, 0.15) is 11.5 Å². The average molecular weight is 675 g/mol. The first-order valence-corrected chi connectivity index (χ1v) is 18.1. The zero-order valence-corrected chi connectivity index (χ0v) is 29.1. The maximum atomic E-state index is 6.62. The van der Waals surface area contributed by atoms with Gasteiger partial charge in [-0.1, -0.05) is 183 Å². The lowest BCUT2D eigenvalue weighted by molar-refractivity contribution is 0.484. The Morgan fingerprint density at radius 3 is 1.40 bits per heavy atom. The first kappa shape index (κ1) is 30.8. The molecule has 0 atom stereocenters. The van der Waals surface area contributed by atoms with Crippen LogP contribution in [0, 0.1) is 0 Å². The van der Waals surface area contributed by atoms with E-state index in [1.54, 1.807) is 0 Å². The number of fused-ring (bicyclic) bond motifs is 4. The minimum Gasteiger partial charge on any atom is -0.457 e. The van der Waals surface area contributed by atoms with E-state index in [1.807, 2.05) is 36.4 Å². The van der Waals surface area contributed by atoms with E-state index in [-0.39, 0.29) is 0 Å². The number of ether oxygens (including phenoxy) is 1. The van der Waals surface area contributed by atoms with E-state index in [9.17, 15) is 0 Å². The molecule has 0 saturated carbocycles. The fourth-order valence-electron chi connectivity index (χ4n) is 8.36. The molecule has 0 N–H and O–H groups in total. The van der Waals surface area contributed by atoms with Crippen LogP contribution in [0.1, 0.15) is 5.56 Å². The molecular formula is C52H34O. The smallest absolute Gasteiger partial charge is 0.135 e. The van der Waals surface area contributed by atoms with Gasteiger partial charge in [0.25, 0.3) is 0 Å². The molecule has 1 aliphatic rings. The van der Waals surface area contributed by atoms with Crippen LogP contribution in [0.15, 0.2) is 195 Å². The third-order valence-corrected chi connectivity index (χ3v) is 10.6. The Kier molecular flexibility index (Phi) is 7.37. The highest BCUT2D eigenvalue weighted by Crippen LogP contribution is 2.60. The highest BCUT2D eigenvalue weighted by molar-refractivity contribution is 6.30. The van der Waals surface area contributed by atoms with Crippen molar-refractivity contribution >= 4 is 27.6 Å². The Balaban J connectivity index is 1.36. The Morgan fingerprint density at radius 2 is 0.811 bits per heavy atom. The number of hydrogen-bond acceptors (Lipinski definition) is 1. The quantitative estimate of drug-likeness (QED) is 0.163. The van der Waals surface area contributed by atoms with E-state index in [0.717, 1.165) is 33.8 Å². The lowest BCUT2D eigenvalue weighted by Crippen LogP contribution is -1.93. The minimum absolute atomic E-state index is 0.810. The molecule has 1 aliphatic carbocycles. The van der Waals surface area contributed by atoms with Crippen molar-refractivity contribution in [3.63, 3.8) is 0 Å². The second-order valence-electron chi connectivity index (χ2n) is 13.6. The summed E-state index contributed by atoms with van der Waals surface area (Å²) in [6, 6.07) is 67.3. The van der Waals surface area contributed by atoms with Crippen molar-refractivity contribution in [3.8, 4) is 78.3 Å². The fraction of sp³-hybridized carbons (Fsp3) is 0. The second-order valence-corrected chi connectivity index (χ2v) is 13.6. The molecule has 0 amide bonds. The van der Waals surface area contributed by atoms with Crippen LogP contribution in [-0.2, 0) is 0 Å². The van der Waals surface area contributed by atoms with E-state index in [1.165, 1.54) is 71.6 Å². The molecule has 0 saturated heterocycles. The molecule has 9 aromatic rings. The van der Waals surface area contributed by atoms with Gasteiger partial charge in [-0.2, -0.15) is 0 Å². The molecule has 248 valence electrons. The maximum Gasteiger partial charge on any atom is 0.135 e. The Bertz CT molecular complexity index is 2740. The summed E-state index contributed by atoms with van der Waals surface area (Å²) in [5, 5.41) is 4.99. The van der Waals surface area contributed by atoms with E-state index >= 15 is 0 Å². The molecule has 10 rings (SSSR count). The third-order valence-electron chi connectivity index (χ3n) is 10.6. The number of para-hydroxylation sites is 2. The summed E-state index contributed by atoms with van der Waals surface area (Å²) >= 11 is 0. The average Bonchev–Trinajstić information content (AvgIpc) is 3.56. The molecule has 0 unspecified atom stereocenters. The van der Waals surface area contributed by atoms with Crippen LogP contribution in [0.5, 0.6) is 11.5 Å². The molecule has 1 heteroatoms. The normalized spacial score (nSPS) is 11.5. The molecule has 9 aromatic carbocycles.